The van der Waals surface area contributed by atoms with Gasteiger partial charge in [0.15, 0.2) is 0 Å². The van der Waals surface area contributed by atoms with E-state index in [1.54, 1.807) is 0 Å². The van der Waals surface area contributed by atoms with Gasteiger partial charge in [0.25, 0.3) is 0 Å². The molecular weight excluding hydrogens is 545 g/mol. The predicted octanol–water partition coefficient (Wildman–Crippen LogP) is 13.0. The molecule has 0 aliphatic heterocycles. The third-order valence-corrected chi connectivity index (χ3v) is 10.3. The highest BCUT2D eigenvalue weighted by Crippen LogP contribution is 2.42. The highest BCUT2D eigenvalue weighted by Gasteiger charge is 2.13. The molecule has 0 unspecified atom stereocenters. The van der Waals surface area contributed by atoms with Crippen LogP contribution in [0.4, 0.5) is 0 Å². The van der Waals surface area contributed by atoms with Crippen LogP contribution in [0.25, 0.3) is 73.7 Å². The Morgan fingerprint density at radius 3 is 1.21 bits per heavy atom. The van der Waals surface area contributed by atoms with E-state index in [4.69, 9.17) is 0 Å². The van der Waals surface area contributed by atoms with Crippen molar-refractivity contribution in [1.82, 2.24) is 0 Å². The van der Waals surface area contributed by atoms with Crippen LogP contribution >= 0.6 is 22.7 Å². The van der Waals surface area contributed by atoms with Gasteiger partial charge in [0.05, 0.1) is 0 Å². The summed E-state index contributed by atoms with van der Waals surface area (Å²) >= 11 is 3.78. The fourth-order valence-electron chi connectivity index (χ4n) is 5.68. The Labute approximate surface area is 254 Å². The van der Waals surface area contributed by atoms with Crippen molar-refractivity contribution in [3.63, 3.8) is 0 Å². The molecule has 0 aliphatic carbocycles. The lowest BCUT2D eigenvalue weighted by atomic mass is 9.95. The Kier molecular flexibility index (Phi) is 7.17. The topological polar surface area (TPSA) is 0 Å². The summed E-state index contributed by atoms with van der Waals surface area (Å²) < 4.78 is 5.40. The first-order valence-corrected chi connectivity index (χ1v) is 16.0. The van der Waals surface area contributed by atoms with E-state index in [1.165, 1.54) is 73.7 Å². The summed E-state index contributed by atoms with van der Waals surface area (Å²) in [7, 11) is 0. The Morgan fingerprint density at radius 2 is 0.762 bits per heavy atom. The first kappa shape index (κ1) is 26.4. The van der Waals surface area contributed by atoms with Gasteiger partial charge in [-0.3, -0.25) is 0 Å². The van der Waals surface area contributed by atoms with Gasteiger partial charge in [-0.2, -0.15) is 0 Å². The standard InChI is InChI=1S/C36H22S2.C4H8/c1-3-19-33-29(13-1)31-17-7-15-27(35(31)37-33)25-11-5-9-23(21-25)24-10-6-12-26(22-24)28-16-8-18-32-30-14-2-4-20-34(30)38-36(28)32;1-3-4-2/h1-22H;3-4H,1-2H3/b;4-3-. The second kappa shape index (κ2) is 11.4. The maximum absolute atomic E-state index is 2.35. The number of hydrogen-bond donors (Lipinski definition) is 0. The molecule has 0 atom stereocenters. The molecule has 6 aromatic carbocycles. The summed E-state index contributed by atoms with van der Waals surface area (Å²) in [5.41, 5.74) is 7.61. The molecule has 2 aromatic heterocycles. The van der Waals surface area contributed by atoms with Gasteiger partial charge >= 0.3 is 0 Å². The van der Waals surface area contributed by atoms with E-state index >= 15 is 0 Å². The highest BCUT2D eigenvalue weighted by atomic mass is 32.1. The summed E-state index contributed by atoms with van der Waals surface area (Å²) in [5, 5.41) is 5.36. The zero-order valence-electron chi connectivity index (χ0n) is 23.7. The maximum Gasteiger partial charge on any atom is 0.0433 e. The van der Waals surface area contributed by atoms with Gasteiger partial charge in [0.1, 0.15) is 0 Å². The molecule has 0 nitrogen and oxygen atoms in total. The van der Waals surface area contributed by atoms with Crippen molar-refractivity contribution < 1.29 is 0 Å². The normalized spacial score (nSPS) is 11.5. The van der Waals surface area contributed by atoms with Gasteiger partial charge in [-0.15, -0.1) is 22.7 Å². The minimum absolute atomic E-state index is 1.24. The third-order valence-electron chi connectivity index (χ3n) is 7.82. The summed E-state index contributed by atoms with van der Waals surface area (Å²) in [6.07, 6.45) is 4.00. The number of rotatable bonds is 3. The lowest BCUT2D eigenvalue weighted by molar-refractivity contribution is 1.60. The molecule has 2 heteroatoms. The largest absolute Gasteiger partial charge is 0.135 e. The van der Waals surface area contributed by atoms with Crippen molar-refractivity contribution in [2.75, 3.05) is 0 Å². The van der Waals surface area contributed by atoms with Crippen LogP contribution in [0.3, 0.4) is 0 Å². The van der Waals surface area contributed by atoms with Crippen molar-refractivity contribution in [3.8, 4) is 33.4 Å². The lowest BCUT2D eigenvalue weighted by Gasteiger charge is -2.10. The molecule has 8 rings (SSSR count). The van der Waals surface area contributed by atoms with E-state index in [0.717, 1.165) is 0 Å². The molecule has 202 valence electrons. The number of hydrogen-bond acceptors (Lipinski definition) is 2. The molecule has 0 fully saturated rings. The fraction of sp³-hybridized carbons (Fsp3) is 0.0500. The van der Waals surface area contributed by atoms with Crippen molar-refractivity contribution in [1.29, 1.82) is 0 Å². The van der Waals surface area contributed by atoms with Gasteiger partial charge in [0, 0.05) is 40.3 Å². The summed E-state index contributed by atoms with van der Waals surface area (Å²) in [4.78, 5) is 0. The van der Waals surface area contributed by atoms with E-state index in [1.807, 2.05) is 48.7 Å². The summed E-state index contributed by atoms with van der Waals surface area (Å²) in [6.45, 7) is 4.00. The Hall–Kier alpha value is -4.50. The molecule has 0 N–H and O–H groups in total. The Morgan fingerprint density at radius 1 is 0.381 bits per heavy atom. The smallest absolute Gasteiger partial charge is 0.0433 e. The molecule has 0 amide bonds. The zero-order valence-corrected chi connectivity index (χ0v) is 25.3. The molecule has 0 saturated carbocycles. The SMILES string of the molecule is C/C=C\C.c1cc(-c2cccc(-c3cccc4c3sc3ccccc34)c2)cc(-c2cccc3c2sc2ccccc23)c1. The molecule has 0 saturated heterocycles. The zero-order chi connectivity index (χ0) is 28.5. The minimum Gasteiger partial charge on any atom is -0.135 e. The monoisotopic (exact) mass is 574 g/mol. The van der Waals surface area contributed by atoms with Crippen LogP contribution in [0.5, 0.6) is 0 Å². The third kappa shape index (κ3) is 4.73. The second-order valence-corrected chi connectivity index (χ2v) is 12.5. The number of thiophene rings is 2. The number of allylic oxidation sites excluding steroid dienone is 2. The van der Waals surface area contributed by atoms with Gasteiger partial charge in [-0.1, -0.05) is 121 Å². The molecule has 0 bridgehead atoms. The number of benzene rings is 6. The molecule has 42 heavy (non-hydrogen) atoms. The van der Waals surface area contributed by atoms with Crippen molar-refractivity contribution >= 4 is 63.0 Å². The Balaban J connectivity index is 0.000000680. The van der Waals surface area contributed by atoms with Crippen molar-refractivity contribution in [2.45, 2.75) is 13.8 Å². The van der Waals surface area contributed by atoms with E-state index in [0.29, 0.717) is 0 Å². The second-order valence-electron chi connectivity index (χ2n) is 10.4. The highest BCUT2D eigenvalue weighted by molar-refractivity contribution is 7.26. The van der Waals surface area contributed by atoms with E-state index in [-0.39, 0.29) is 0 Å². The first-order chi connectivity index (χ1) is 20.7. The van der Waals surface area contributed by atoms with E-state index < -0.39 is 0 Å². The molecular formula is C40H30S2. The lowest BCUT2D eigenvalue weighted by Crippen LogP contribution is -1.84. The van der Waals surface area contributed by atoms with Crippen LogP contribution in [0, 0.1) is 0 Å². The number of fused-ring (bicyclic) bond motifs is 6. The van der Waals surface area contributed by atoms with Crippen LogP contribution in [0.1, 0.15) is 13.8 Å². The average Bonchev–Trinajstić information content (AvgIpc) is 3.64. The van der Waals surface area contributed by atoms with Crippen LogP contribution in [0.15, 0.2) is 146 Å². The van der Waals surface area contributed by atoms with Crippen LogP contribution in [-0.2, 0) is 0 Å². The van der Waals surface area contributed by atoms with Gasteiger partial charge in [-0.25, -0.2) is 0 Å². The fourth-order valence-corrected chi connectivity index (χ4v) is 8.16. The van der Waals surface area contributed by atoms with E-state index in [2.05, 4.69) is 133 Å². The van der Waals surface area contributed by atoms with Crippen LogP contribution < -0.4 is 0 Å². The van der Waals surface area contributed by atoms with Gasteiger partial charge in [-0.05, 0) is 71.5 Å². The van der Waals surface area contributed by atoms with Crippen molar-refractivity contribution in [3.05, 3.63) is 146 Å². The first-order valence-electron chi connectivity index (χ1n) is 14.3. The molecule has 2 heterocycles. The molecule has 8 aromatic rings. The average molecular weight is 575 g/mol. The van der Waals surface area contributed by atoms with E-state index in [9.17, 15) is 0 Å². The van der Waals surface area contributed by atoms with Gasteiger partial charge in [0.2, 0.25) is 0 Å². The summed E-state index contributed by atoms with van der Waals surface area (Å²) in [6, 6.07) is 48.9. The van der Waals surface area contributed by atoms with Crippen LogP contribution in [-0.4, -0.2) is 0 Å². The van der Waals surface area contributed by atoms with Gasteiger partial charge < -0.3 is 0 Å². The molecule has 0 spiro atoms. The van der Waals surface area contributed by atoms with Crippen LogP contribution in [0.2, 0.25) is 0 Å². The quantitative estimate of drug-likeness (QED) is 0.184. The van der Waals surface area contributed by atoms with Crippen molar-refractivity contribution in [2.24, 2.45) is 0 Å². The molecule has 0 aliphatic rings. The maximum atomic E-state index is 2.35. The Bertz CT molecular complexity index is 2070. The molecule has 0 radical (unpaired) electrons. The minimum atomic E-state index is 1.24. The predicted molar refractivity (Wildman–Crippen MR) is 189 cm³/mol. The summed E-state index contributed by atoms with van der Waals surface area (Å²) in [5.74, 6) is 0.